The number of anilines is 2. The molecule has 0 unspecified atom stereocenters. The summed E-state index contributed by atoms with van der Waals surface area (Å²) in [7, 11) is 0. The second-order valence-corrected chi connectivity index (χ2v) is 7.63. The molecule has 3 heterocycles. The number of amides is 1. The van der Waals surface area contributed by atoms with E-state index in [0.717, 1.165) is 62.4 Å². The molecule has 2 aliphatic heterocycles. The predicted octanol–water partition coefficient (Wildman–Crippen LogP) is 1.32. The highest BCUT2D eigenvalue weighted by Crippen LogP contribution is 2.17. The Bertz CT molecular complexity index is 885. The summed E-state index contributed by atoms with van der Waals surface area (Å²) >= 11 is 0. The largest absolute Gasteiger partial charge is 0.360 e. The SMILES string of the molecule is CCNC(=NCc1ccc(N2CCNC(=O)C2)cc1)N1CCN(c2ncccn2)CC1.I. The van der Waals surface area contributed by atoms with Crippen LogP contribution in [-0.2, 0) is 11.3 Å². The van der Waals surface area contributed by atoms with Crippen LogP contribution in [0, 0.1) is 0 Å². The van der Waals surface area contributed by atoms with Gasteiger partial charge in [0.15, 0.2) is 5.96 Å². The summed E-state index contributed by atoms with van der Waals surface area (Å²) in [5, 5.41) is 6.28. The normalized spacial score (nSPS) is 17.0. The molecule has 0 bridgehead atoms. The minimum Gasteiger partial charge on any atom is -0.360 e. The second-order valence-electron chi connectivity index (χ2n) is 7.63. The number of piperazine rings is 2. The van der Waals surface area contributed by atoms with Crippen molar-refractivity contribution in [1.82, 2.24) is 25.5 Å². The number of aromatic nitrogens is 2. The van der Waals surface area contributed by atoms with Gasteiger partial charge in [-0.05, 0) is 30.7 Å². The van der Waals surface area contributed by atoms with Gasteiger partial charge in [-0.2, -0.15) is 0 Å². The molecule has 2 aliphatic rings. The van der Waals surface area contributed by atoms with E-state index in [9.17, 15) is 4.79 Å². The van der Waals surface area contributed by atoms with Gasteiger partial charge in [0.05, 0.1) is 13.1 Å². The van der Waals surface area contributed by atoms with Crippen LogP contribution >= 0.6 is 24.0 Å². The number of carbonyl (C=O) groups excluding carboxylic acids is 1. The molecular formula is C22H31IN8O. The summed E-state index contributed by atoms with van der Waals surface area (Å²) in [5.74, 6) is 1.80. The fourth-order valence-electron chi connectivity index (χ4n) is 3.84. The average molecular weight is 550 g/mol. The first-order valence-electron chi connectivity index (χ1n) is 10.9. The lowest BCUT2D eigenvalue weighted by atomic mass is 10.2. The quantitative estimate of drug-likeness (QED) is 0.330. The molecule has 4 rings (SSSR count). The summed E-state index contributed by atoms with van der Waals surface area (Å²) < 4.78 is 0. The van der Waals surface area contributed by atoms with Gasteiger partial charge in [-0.1, -0.05) is 12.1 Å². The Hall–Kier alpha value is -2.63. The minimum atomic E-state index is 0. The number of nitrogens with zero attached hydrogens (tertiary/aromatic N) is 6. The third-order valence-corrected chi connectivity index (χ3v) is 5.50. The van der Waals surface area contributed by atoms with E-state index in [-0.39, 0.29) is 29.9 Å². The molecule has 2 N–H and O–H groups in total. The van der Waals surface area contributed by atoms with Crippen molar-refractivity contribution in [2.45, 2.75) is 13.5 Å². The molecule has 1 aromatic carbocycles. The Morgan fingerprint density at radius 1 is 1.06 bits per heavy atom. The molecule has 0 radical (unpaired) electrons. The fourth-order valence-corrected chi connectivity index (χ4v) is 3.84. The van der Waals surface area contributed by atoms with Crippen LogP contribution in [0.1, 0.15) is 12.5 Å². The zero-order valence-electron chi connectivity index (χ0n) is 18.4. The maximum Gasteiger partial charge on any atom is 0.239 e. The molecule has 2 saturated heterocycles. The number of carbonyl (C=O) groups is 1. The van der Waals surface area contributed by atoms with Crippen molar-refractivity contribution in [3.05, 3.63) is 48.3 Å². The van der Waals surface area contributed by atoms with E-state index in [1.54, 1.807) is 12.4 Å². The van der Waals surface area contributed by atoms with Gasteiger partial charge in [0.2, 0.25) is 11.9 Å². The maximum absolute atomic E-state index is 11.6. The number of guanidine groups is 1. The summed E-state index contributed by atoms with van der Waals surface area (Å²) in [6, 6.07) is 10.2. The number of halogens is 1. The zero-order valence-corrected chi connectivity index (χ0v) is 20.7. The van der Waals surface area contributed by atoms with Gasteiger partial charge in [0.25, 0.3) is 0 Å². The van der Waals surface area contributed by atoms with Gasteiger partial charge in [-0.25, -0.2) is 15.0 Å². The number of hydrogen-bond donors (Lipinski definition) is 2. The van der Waals surface area contributed by atoms with Gasteiger partial charge < -0.3 is 25.3 Å². The number of hydrogen-bond acceptors (Lipinski definition) is 6. The first kappa shape index (κ1) is 24.0. The van der Waals surface area contributed by atoms with Crippen molar-refractivity contribution in [3.8, 4) is 0 Å². The molecule has 0 saturated carbocycles. The van der Waals surface area contributed by atoms with Crippen LogP contribution in [0.15, 0.2) is 47.7 Å². The smallest absolute Gasteiger partial charge is 0.239 e. The Morgan fingerprint density at radius 3 is 2.44 bits per heavy atom. The lowest BCUT2D eigenvalue weighted by molar-refractivity contribution is -0.120. The van der Waals surface area contributed by atoms with Crippen molar-refractivity contribution >= 4 is 47.5 Å². The molecule has 1 aromatic heterocycles. The third-order valence-electron chi connectivity index (χ3n) is 5.50. The van der Waals surface area contributed by atoms with E-state index >= 15 is 0 Å². The molecule has 0 spiro atoms. The summed E-state index contributed by atoms with van der Waals surface area (Å²) in [5.41, 5.74) is 2.23. The van der Waals surface area contributed by atoms with Crippen molar-refractivity contribution in [2.24, 2.45) is 4.99 Å². The Labute approximate surface area is 206 Å². The van der Waals surface area contributed by atoms with Crippen molar-refractivity contribution in [2.75, 3.05) is 62.2 Å². The van der Waals surface area contributed by atoms with E-state index in [1.807, 2.05) is 6.07 Å². The van der Waals surface area contributed by atoms with Crippen LogP contribution in [-0.4, -0.2) is 79.1 Å². The highest BCUT2D eigenvalue weighted by molar-refractivity contribution is 14.0. The first-order chi connectivity index (χ1) is 15.2. The zero-order chi connectivity index (χ0) is 21.5. The van der Waals surface area contributed by atoms with Crippen LogP contribution in [0.3, 0.4) is 0 Å². The van der Waals surface area contributed by atoms with Crippen LogP contribution in [0.5, 0.6) is 0 Å². The van der Waals surface area contributed by atoms with Crippen LogP contribution < -0.4 is 20.4 Å². The van der Waals surface area contributed by atoms with Crippen LogP contribution in [0.4, 0.5) is 11.6 Å². The number of benzene rings is 1. The lowest BCUT2D eigenvalue weighted by Gasteiger charge is -2.36. The van der Waals surface area contributed by atoms with E-state index in [1.165, 1.54) is 0 Å². The van der Waals surface area contributed by atoms with E-state index in [2.05, 4.69) is 66.5 Å². The predicted molar refractivity (Wildman–Crippen MR) is 138 cm³/mol. The van der Waals surface area contributed by atoms with Crippen LogP contribution in [0.25, 0.3) is 0 Å². The topological polar surface area (TPSA) is 89.0 Å². The standard InChI is InChI=1S/C22H30N8O.HI/c1-2-23-21(28-12-14-29(15-13-28)22-25-8-3-9-26-22)27-16-18-4-6-19(7-5-18)30-11-10-24-20(31)17-30;/h3-9H,2,10-17H2,1H3,(H,23,27)(H,24,31);1H. The average Bonchev–Trinajstić information content (AvgIpc) is 2.83. The highest BCUT2D eigenvalue weighted by atomic mass is 127. The summed E-state index contributed by atoms with van der Waals surface area (Å²) in [6.45, 7) is 8.98. The monoisotopic (exact) mass is 550 g/mol. The number of aliphatic imine (C=N–C) groups is 1. The third kappa shape index (κ3) is 6.21. The van der Waals surface area contributed by atoms with Gasteiger partial charge in [-0.15, -0.1) is 24.0 Å². The summed E-state index contributed by atoms with van der Waals surface area (Å²) in [4.78, 5) is 31.8. The minimum absolute atomic E-state index is 0. The fraction of sp³-hybridized carbons (Fsp3) is 0.455. The highest BCUT2D eigenvalue weighted by Gasteiger charge is 2.21. The Morgan fingerprint density at radius 2 is 1.78 bits per heavy atom. The van der Waals surface area contributed by atoms with Gasteiger partial charge in [-0.3, -0.25) is 4.79 Å². The molecule has 2 aromatic rings. The molecular weight excluding hydrogens is 519 g/mol. The first-order valence-corrected chi connectivity index (χ1v) is 10.9. The molecule has 0 aliphatic carbocycles. The number of rotatable bonds is 5. The summed E-state index contributed by atoms with van der Waals surface area (Å²) in [6.07, 6.45) is 3.57. The lowest BCUT2D eigenvalue weighted by Crippen LogP contribution is -2.52. The number of nitrogens with one attached hydrogen (secondary N) is 2. The molecule has 9 nitrogen and oxygen atoms in total. The Kier molecular flexibility index (Phi) is 8.89. The van der Waals surface area contributed by atoms with Gasteiger partial charge in [0.1, 0.15) is 0 Å². The molecule has 32 heavy (non-hydrogen) atoms. The van der Waals surface area contributed by atoms with E-state index in [4.69, 9.17) is 4.99 Å². The van der Waals surface area contributed by atoms with Crippen molar-refractivity contribution < 1.29 is 4.79 Å². The van der Waals surface area contributed by atoms with Crippen molar-refractivity contribution in [3.63, 3.8) is 0 Å². The van der Waals surface area contributed by atoms with Crippen molar-refractivity contribution in [1.29, 1.82) is 0 Å². The maximum atomic E-state index is 11.6. The van der Waals surface area contributed by atoms with Crippen LogP contribution in [0.2, 0.25) is 0 Å². The molecule has 1 amide bonds. The molecule has 10 heteroatoms. The molecule has 2 fully saturated rings. The molecule has 172 valence electrons. The Balaban J connectivity index is 0.00000289. The van der Waals surface area contributed by atoms with E-state index < -0.39 is 0 Å². The van der Waals surface area contributed by atoms with Gasteiger partial charge >= 0.3 is 0 Å². The molecule has 0 atom stereocenters. The van der Waals surface area contributed by atoms with E-state index in [0.29, 0.717) is 19.6 Å². The van der Waals surface area contributed by atoms with Gasteiger partial charge in [0, 0.05) is 63.9 Å². The second kappa shape index (κ2) is 11.8.